The van der Waals surface area contributed by atoms with E-state index in [1.807, 2.05) is 17.5 Å². The number of hydrogen-bond acceptors (Lipinski definition) is 6. The van der Waals surface area contributed by atoms with E-state index in [-0.39, 0.29) is 10.8 Å². The first-order valence-electron chi connectivity index (χ1n) is 6.97. The first-order chi connectivity index (χ1) is 11.3. The molecular formula is C16H14N2O3S3. The third-order valence-electron chi connectivity index (χ3n) is 3.28. The molecule has 0 radical (unpaired) electrons. The second kappa shape index (κ2) is 6.46. The van der Waals surface area contributed by atoms with Crippen molar-refractivity contribution in [2.45, 2.75) is 11.8 Å². The molecule has 0 spiro atoms. The summed E-state index contributed by atoms with van der Waals surface area (Å²) in [5.74, 6) is -0.250. The minimum absolute atomic E-state index is 0.217. The van der Waals surface area contributed by atoms with Gasteiger partial charge in [0.05, 0.1) is 15.5 Å². The summed E-state index contributed by atoms with van der Waals surface area (Å²) in [5, 5.41) is 5.56. The summed E-state index contributed by atoms with van der Waals surface area (Å²) in [7, 11) is -3.25. The Morgan fingerprint density at radius 3 is 2.46 bits per heavy atom. The summed E-state index contributed by atoms with van der Waals surface area (Å²) in [4.78, 5) is 18.7. The number of nitrogens with one attached hydrogen (secondary N) is 1. The van der Waals surface area contributed by atoms with Crippen molar-refractivity contribution in [1.29, 1.82) is 0 Å². The second-order valence-electron chi connectivity index (χ2n) is 5.16. The summed E-state index contributed by atoms with van der Waals surface area (Å²) < 4.78 is 22.9. The highest BCUT2D eigenvalue weighted by Gasteiger charge is 2.17. The predicted octanol–water partition coefficient (Wildman–Crippen LogP) is 3.84. The summed E-state index contributed by atoms with van der Waals surface area (Å²) in [5.41, 5.74) is 1.21. The number of aromatic nitrogens is 1. The second-order valence-corrected chi connectivity index (χ2v) is 9.12. The van der Waals surface area contributed by atoms with Crippen molar-refractivity contribution < 1.29 is 13.2 Å². The van der Waals surface area contributed by atoms with Gasteiger partial charge in [-0.2, -0.15) is 0 Å². The van der Waals surface area contributed by atoms with E-state index in [9.17, 15) is 13.2 Å². The highest BCUT2D eigenvalue weighted by atomic mass is 32.2. The summed E-state index contributed by atoms with van der Waals surface area (Å²) in [6.45, 7) is 1.80. The van der Waals surface area contributed by atoms with Gasteiger partial charge in [0.25, 0.3) is 5.91 Å². The molecule has 0 aliphatic heterocycles. The zero-order chi connectivity index (χ0) is 17.3. The predicted molar refractivity (Wildman–Crippen MR) is 97.7 cm³/mol. The van der Waals surface area contributed by atoms with Crippen molar-refractivity contribution in [3.8, 4) is 9.88 Å². The molecule has 8 heteroatoms. The van der Waals surface area contributed by atoms with Crippen LogP contribution < -0.4 is 5.32 Å². The standard InChI is InChI=1S/C16H14N2O3S3/c1-10-14(23-16(17-10)13-4-3-9-22-13)15(19)18-11-5-7-12(8-6-11)24(2,20)21/h3-9H,1-2H3,(H,18,19). The van der Waals surface area contributed by atoms with E-state index in [0.29, 0.717) is 16.3 Å². The number of rotatable bonds is 4. The average Bonchev–Trinajstić information content (AvgIpc) is 3.16. The van der Waals surface area contributed by atoms with Gasteiger partial charge in [-0.3, -0.25) is 4.79 Å². The molecule has 0 bridgehead atoms. The number of amides is 1. The molecule has 24 heavy (non-hydrogen) atoms. The maximum atomic E-state index is 12.4. The Labute approximate surface area is 147 Å². The normalized spacial score (nSPS) is 11.4. The molecule has 0 atom stereocenters. The zero-order valence-electron chi connectivity index (χ0n) is 12.9. The van der Waals surface area contributed by atoms with E-state index < -0.39 is 9.84 Å². The summed E-state index contributed by atoms with van der Waals surface area (Å²) >= 11 is 2.92. The molecule has 3 aromatic rings. The van der Waals surface area contributed by atoms with Gasteiger partial charge in [-0.05, 0) is 42.6 Å². The Morgan fingerprint density at radius 1 is 1.17 bits per heavy atom. The first-order valence-corrected chi connectivity index (χ1v) is 10.6. The van der Waals surface area contributed by atoms with Crippen LogP contribution in [0, 0.1) is 6.92 Å². The average molecular weight is 379 g/mol. The molecule has 0 aliphatic carbocycles. The van der Waals surface area contributed by atoms with Gasteiger partial charge in [-0.15, -0.1) is 22.7 Å². The molecule has 1 aromatic carbocycles. The number of thiazole rings is 1. The Balaban J connectivity index is 1.80. The maximum Gasteiger partial charge on any atom is 0.267 e. The van der Waals surface area contributed by atoms with Crippen LogP contribution in [0.3, 0.4) is 0 Å². The van der Waals surface area contributed by atoms with Crippen molar-refractivity contribution in [1.82, 2.24) is 4.98 Å². The molecule has 2 aromatic heterocycles. The van der Waals surface area contributed by atoms with Crippen LogP contribution in [0.5, 0.6) is 0 Å². The highest BCUT2D eigenvalue weighted by molar-refractivity contribution is 7.90. The number of sulfone groups is 1. The van der Waals surface area contributed by atoms with Crippen LogP contribution in [0.2, 0.25) is 0 Å². The van der Waals surface area contributed by atoms with Gasteiger partial charge < -0.3 is 5.32 Å². The lowest BCUT2D eigenvalue weighted by Crippen LogP contribution is -2.11. The molecule has 0 saturated heterocycles. The van der Waals surface area contributed by atoms with Crippen LogP contribution in [-0.2, 0) is 9.84 Å². The van der Waals surface area contributed by atoms with Gasteiger partial charge in [0.2, 0.25) is 0 Å². The van der Waals surface area contributed by atoms with E-state index >= 15 is 0 Å². The topological polar surface area (TPSA) is 76.1 Å². The van der Waals surface area contributed by atoms with E-state index in [1.165, 1.54) is 23.5 Å². The molecule has 2 heterocycles. The SMILES string of the molecule is Cc1nc(-c2cccs2)sc1C(=O)Nc1ccc(S(C)(=O)=O)cc1. The molecular weight excluding hydrogens is 364 g/mol. The van der Waals surface area contributed by atoms with Gasteiger partial charge >= 0.3 is 0 Å². The van der Waals surface area contributed by atoms with Gasteiger partial charge in [0.15, 0.2) is 9.84 Å². The molecule has 0 fully saturated rings. The van der Waals surface area contributed by atoms with Gasteiger partial charge in [0.1, 0.15) is 9.88 Å². The summed E-state index contributed by atoms with van der Waals surface area (Å²) in [6.07, 6.45) is 1.15. The van der Waals surface area contributed by atoms with Gasteiger partial charge in [-0.25, -0.2) is 13.4 Å². The first kappa shape index (κ1) is 16.8. The maximum absolute atomic E-state index is 12.4. The molecule has 1 amide bonds. The lowest BCUT2D eigenvalue weighted by atomic mass is 10.3. The van der Waals surface area contributed by atoms with Gasteiger partial charge in [-0.1, -0.05) is 6.07 Å². The minimum Gasteiger partial charge on any atom is -0.321 e. The van der Waals surface area contributed by atoms with Crippen LogP contribution in [0.4, 0.5) is 5.69 Å². The molecule has 3 rings (SSSR count). The number of nitrogens with zero attached hydrogens (tertiary/aromatic N) is 1. The molecule has 124 valence electrons. The van der Waals surface area contributed by atoms with Crippen molar-refractivity contribution in [3.63, 3.8) is 0 Å². The molecule has 0 saturated carbocycles. The van der Waals surface area contributed by atoms with E-state index in [1.54, 1.807) is 30.4 Å². The highest BCUT2D eigenvalue weighted by Crippen LogP contribution is 2.31. The third kappa shape index (κ3) is 3.55. The number of aryl methyl sites for hydroxylation is 1. The molecule has 5 nitrogen and oxygen atoms in total. The Morgan fingerprint density at radius 2 is 1.88 bits per heavy atom. The Bertz CT molecular complexity index is 972. The number of hydrogen-bond donors (Lipinski definition) is 1. The van der Waals surface area contributed by atoms with Crippen LogP contribution in [0.25, 0.3) is 9.88 Å². The number of thiophene rings is 1. The minimum atomic E-state index is -3.25. The summed E-state index contributed by atoms with van der Waals surface area (Å²) in [6, 6.07) is 10.0. The smallest absolute Gasteiger partial charge is 0.267 e. The van der Waals surface area contributed by atoms with E-state index in [2.05, 4.69) is 10.3 Å². The Kier molecular flexibility index (Phi) is 4.53. The third-order valence-corrected chi connectivity index (χ3v) is 6.60. The number of carbonyl (C=O) groups is 1. The zero-order valence-corrected chi connectivity index (χ0v) is 15.4. The lowest BCUT2D eigenvalue weighted by molar-refractivity contribution is 0.103. The fourth-order valence-electron chi connectivity index (χ4n) is 2.09. The largest absolute Gasteiger partial charge is 0.321 e. The van der Waals surface area contributed by atoms with Crippen LogP contribution in [0.1, 0.15) is 15.4 Å². The van der Waals surface area contributed by atoms with Crippen LogP contribution in [-0.4, -0.2) is 25.6 Å². The number of carbonyl (C=O) groups excluding carboxylic acids is 1. The van der Waals surface area contributed by atoms with Crippen LogP contribution in [0.15, 0.2) is 46.7 Å². The Hall–Kier alpha value is -2.03. The van der Waals surface area contributed by atoms with Crippen LogP contribution >= 0.6 is 22.7 Å². The van der Waals surface area contributed by atoms with Crippen molar-refractivity contribution >= 4 is 44.1 Å². The number of benzene rings is 1. The van der Waals surface area contributed by atoms with Crippen molar-refractivity contribution in [3.05, 3.63) is 52.3 Å². The molecule has 0 aliphatic rings. The fourth-order valence-corrected chi connectivity index (χ4v) is 4.47. The fraction of sp³-hybridized carbons (Fsp3) is 0.125. The molecule has 1 N–H and O–H groups in total. The number of anilines is 1. The van der Waals surface area contributed by atoms with Crippen molar-refractivity contribution in [2.24, 2.45) is 0 Å². The van der Waals surface area contributed by atoms with Gasteiger partial charge in [0, 0.05) is 11.9 Å². The molecule has 0 unspecified atom stereocenters. The van der Waals surface area contributed by atoms with Crippen molar-refractivity contribution in [2.75, 3.05) is 11.6 Å². The monoisotopic (exact) mass is 378 g/mol. The van der Waals surface area contributed by atoms with E-state index in [4.69, 9.17) is 0 Å². The van der Waals surface area contributed by atoms with E-state index in [0.717, 1.165) is 16.1 Å². The quantitative estimate of drug-likeness (QED) is 0.748. The lowest BCUT2D eigenvalue weighted by Gasteiger charge is -2.05.